The molecule has 3 aliphatic rings. The Kier molecular flexibility index (Phi) is 4.04. The number of nitrogens with two attached hydrogens (primary N) is 1. The number of hydrogen-bond donors (Lipinski definition) is 1. The first kappa shape index (κ1) is 16.5. The van der Waals surface area contributed by atoms with Crippen LogP contribution in [-0.4, -0.2) is 61.7 Å². The molecule has 1 aromatic carbocycles. The quantitative estimate of drug-likeness (QED) is 0.787. The topological polar surface area (TPSA) is 96.1 Å². The lowest BCUT2D eigenvalue weighted by molar-refractivity contribution is -0.135. The van der Waals surface area contributed by atoms with Crippen molar-refractivity contribution in [3.63, 3.8) is 0 Å². The van der Waals surface area contributed by atoms with Crippen molar-refractivity contribution in [1.29, 1.82) is 0 Å². The Morgan fingerprint density at radius 3 is 2.60 bits per heavy atom. The molecule has 1 atom stereocenters. The van der Waals surface area contributed by atoms with Gasteiger partial charge in [0.1, 0.15) is 10.9 Å². The molecule has 0 radical (unpaired) electrons. The molecule has 3 heterocycles. The van der Waals surface area contributed by atoms with Crippen LogP contribution < -0.4 is 5.73 Å². The third-order valence-electron chi connectivity index (χ3n) is 5.27. The highest BCUT2D eigenvalue weighted by Gasteiger charge is 2.40. The molecule has 0 spiro atoms. The zero-order valence-corrected chi connectivity index (χ0v) is 14.8. The van der Waals surface area contributed by atoms with Crippen LogP contribution in [0.25, 0.3) is 0 Å². The van der Waals surface area contributed by atoms with Crippen LogP contribution in [0.5, 0.6) is 0 Å². The van der Waals surface area contributed by atoms with E-state index in [9.17, 15) is 13.2 Å². The molecule has 3 aliphatic heterocycles. The van der Waals surface area contributed by atoms with E-state index in [1.54, 1.807) is 24.3 Å². The monoisotopic (exact) mass is 362 g/mol. The first-order valence-corrected chi connectivity index (χ1v) is 10.2. The summed E-state index contributed by atoms with van der Waals surface area (Å²) in [4.78, 5) is 17.0. The second-order valence-electron chi connectivity index (χ2n) is 6.90. The van der Waals surface area contributed by atoms with Crippen molar-refractivity contribution in [2.24, 2.45) is 10.1 Å². The van der Waals surface area contributed by atoms with E-state index in [4.69, 9.17) is 5.73 Å². The summed E-state index contributed by atoms with van der Waals surface area (Å²) in [5, 5.41) is 0. The maximum Gasteiger partial charge on any atom is 0.285 e. The average molecular weight is 362 g/mol. The number of rotatable bonds is 1. The van der Waals surface area contributed by atoms with E-state index in [1.165, 1.54) is 0 Å². The van der Waals surface area contributed by atoms with Crippen molar-refractivity contribution in [2.75, 3.05) is 19.6 Å². The number of hydrogen-bond acceptors (Lipinski definition) is 5. The molecule has 1 unspecified atom stereocenters. The molecule has 4 rings (SSSR count). The van der Waals surface area contributed by atoms with E-state index >= 15 is 0 Å². The number of nitrogens with zero attached hydrogens (tertiary/aromatic N) is 3. The SMILES string of the molecule is NC1CCN(C(=O)C2CCCN2C2=NS(=O)(=O)c3ccccc32)CC1. The Morgan fingerprint density at radius 1 is 1.12 bits per heavy atom. The summed E-state index contributed by atoms with van der Waals surface area (Å²) in [6.45, 7) is 1.99. The van der Waals surface area contributed by atoms with E-state index in [0.29, 0.717) is 31.0 Å². The predicted molar refractivity (Wildman–Crippen MR) is 93.7 cm³/mol. The lowest BCUT2D eigenvalue weighted by atomic mass is 10.0. The lowest BCUT2D eigenvalue weighted by Gasteiger charge is -2.35. The van der Waals surface area contributed by atoms with Gasteiger partial charge in [-0.2, -0.15) is 8.42 Å². The maximum atomic E-state index is 13.0. The van der Waals surface area contributed by atoms with Crippen LogP contribution in [-0.2, 0) is 14.8 Å². The zero-order valence-electron chi connectivity index (χ0n) is 14.0. The molecule has 2 N–H and O–H groups in total. The van der Waals surface area contributed by atoms with Crippen molar-refractivity contribution in [3.8, 4) is 0 Å². The summed E-state index contributed by atoms with van der Waals surface area (Å²) in [5.74, 6) is 0.481. The Morgan fingerprint density at radius 2 is 1.84 bits per heavy atom. The normalized spacial score (nSPS) is 25.8. The lowest BCUT2D eigenvalue weighted by Crippen LogP contribution is -2.51. The van der Waals surface area contributed by atoms with Crippen molar-refractivity contribution in [2.45, 2.75) is 42.7 Å². The summed E-state index contributed by atoms with van der Waals surface area (Å²) in [6.07, 6.45) is 3.21. The van der Waals surface area contributed by atoms with Crippen LogP contribution in [0.4, 0.5) is 0 Å². The number of carbonyl (C=O) groups is 1. The van der Waals surface area contributed by atoms with Crippen LogP contribution in [0.15, 0.2) is 33.6 Å². The van der Waals surface area contributed by atoms with Crippen molar-refractivity contribution < 1.29 is 13.2 Å². The molecular formula is C17H22N4O3S. The highest BCUT2D eigenvalue weighted by atomic mass is 32.2. The van der Waals surface area contributed by atoms with Crippen LogP contribution in [0.3, 0.4) is 0 Å². The first-order chi connectivity index (χ1) is 12.0. The highest BCUT2D eigenvalue weighted by molar-refractivity contribution is 7.90. The predicted octanol–water partition coefficient (Wildman–Crippen LogP) is 0.550. The van der Waals surface area contributed by atoms with Gasteiger partial charge in [-0.25, -0.2) is 0 Å². The second-order valence-corrected chi connectivity index (χ2v) is 8.47. The summed E-state index contributed by atoms with van der Waals surface area (Å²) >= 11 is 0. The number of amidine groups is 1. The van der Waals surface area contributed by atoms with Gasteiger partial charge >= 0.3 is 0 Å². The molecular weight excluding hydrogens is 340 g/mol. The minimum atomic E-state index is -3.67. The number of amides is 1. The van der Waals surface area contributed by atoms with Gasteiger partial charge in [0.2, 0.25) is 5.91 Å². The average Bonchev–Trinajstić information content (AvgIpc) is 3.18. The molecule has 2 fully saturated rings. The molecule has 0 aliphatic carbocycles. The molecule has 2 saturated heterocycles. The number of piperidine rings is 1. The minimum Gasteiger partial charge on any atom is -0.343 e. The number of likely N-dealkylation sites (tertiary alicyclic amines) is 2. The van der Waals surface area contributed by atoms with Gasteiger partial charge in [0, 0.05) is 31.2 Å². The fourth-order valence-corrected chi connectivity index (χ4v) is 5.12. The third kappa shape index (κ3) is 2.83. The minimum absolute atomic E-state index is 0.0638. The third-order valence-corrected chi connectivity index (χ3v) is 6.60. The van der Waals surface area contributed by atoms with Crippen molar-refractivity contribution in [1.82, 2.24) is 9.80 Å². The molecule has 1 amide bonds. The van der Waals surface area contributed by atoms with Crippen LogP contribution in [0.2, 0.25) is 0 Å². The van der Waals surface area contributed by atoms with E-state index in [1.807, 2.05) is 9.80 Å². The van der Waals surface area contributed by atoms with Gasteiger partial charge in [0.05, 0.1) is 0 Å². The smallest absolute Gasteiger partial charge is 0.285 e. The van der Waals surface area contributed by atoms with Crippen LogP contribution in [0, 0.1) is 0 Å². The van der Waals surface area contributed by atoms with Gasteiger partial charge in [-0.3, -0.25) is 4.79 Å². The second kappa shape index (κ2) is 6.10. The molecule has 0 bridgehead atoms. The van der Waals surface area contributed by atoms with Gasteiger partial charge in [-0.05, 0) is 37.8 Å². The van der Waals surface area contributed by atoms with E-state index in [-0.39, 0.29) is 22.9 Å². The first-order valence-electron chi connectivity index (χ1n) is 8.73. The fourth-order valence-electron chi connectivity index (χ4n) is 3.90. The molecule has 0 saturated carbocycles. The number of sulfonamides is 1. The summed E-state index contributed by atoms with van der Waals surface area (Å²) in [7, 11) is -3.67. The van der Waals surface area contributed by atoms with Gasteiger partial charge < -0.3 is 15.5 Å². The summed E-state index contributed by atoms with van der Waals surface area (Å²) in [6, 6.07) is 6.65. The Hall–Kier alpha value is -1.93. The molecule has 0 aromatic heterocycles. The van der Waals surface area contributed by atoms with Crippen molar-refractivity contribution >= 4 is 21.8 Å². The van der Waals surface area contributed by atoms with Crippen LogP contribution >= 0.6 is 0 Å². The molecule has 1 aromatic rings. The number of carbonyl (C=O) groups excluding carboxylic acids is 1. The van der Waals surface area contributed by atoms with Gasteiger partial charge in [-0.15, -0.1) is 4.40 Å². The highest BCUT2D eigenvalue weighted by Crippen LogP contribution is 2.31. The van der Waals surface area contributed by atoms with Crippen molar-refractivity contribution in [3.05, 3.63) is 29.8 Å². The Labute approximate surface area is 147 Å². The van der Waals surface area contributed by atoms with Gasteiger partial charge in [0.25, 0.3) is 10.0 Å². The molecule has 8 heteroatoms. The van der Waals surface area contributed by atoms with E-state index in [0.717, 1.165) is 25.7 Å². The van der Waals surface area contributed by atoms with E-state index in [2.05, 4.69) is 4.40 Å². The fraction of sp³-hybridized carbons (Fsp3) is 0.529. The van der Waals surface area contributed by atoms with Gasteiger partial charge in [-0.1, -0.05) is 12.1 Å². The van der Waals surface area contributed by atoms with E-state index < -0.39 is 10.0 Å². The number of benzene rings is 1. The van der Waals surface area contributed by atoms with Gasteiger partial charge in [0.15, 0.2) is 5.84 Å². The summed E-state index contributed by atoms with van der Waals surface area (Å²) in [5.41, 5.74) is 6.53. The number of fused-ring (bicyclic) bond motifs is 1. The van der Waals surface area contributed by atoms with Crippen LogP contribution in [0.1, 0.15) is 31.2 Å². The Bertz CT molecular complexity index is 828. The maximum absolute atomic E-state index is 13.0. The summed E-state index contributed by atoms with van der Waals surface area (Å²) < 4.78 is 28.6. The standard InChI is InChI=1S/C17H22N4O3S/c18-12-7-10-20(11-8-12)17(22)14-5-3-9-21(14)16-13-4-1-2-6-15(13)25(23,24)19-16/h1-2,4,6,12,14H,3,5,7-11,18H2. The molecule has 7 nitrogen and oxygen atoms in total. The largest absolute Gasteiger partial charge is 0.343 e. The molecule has 134 valence electrons. The zero-order chi connectivity index (χ0) is 17.6. The molecule has 25 heavy (non-hydrogen) atoms. The Balaban J connectivity index is 1.62.